The van der Waals surface area contributed by atoms with Crippen molar-refractivity contribution < 1.29 is 4.79 Å². The summed E-state index contributed by atoms with van der Waals surface area (Å²) in [5.41, 5.74) is 5.38. The zero-order chi connectivity index (χ0) is 13.9. The van der Waals surface area contributed by atoms with Crippen molar-refractivity contribution in [3.05, 3.63) is 0 Å². The van der Waals surface area contributed by atoms with Crippen LogP contribution in [0, 0.1) is 11.3 Å². The molecule has 0 spiro atoms. The van der Waals surface area contributed by atoms with Crippen molar-refractivity contribution in [2.24, 2.45) is 17.1 Å². The molecule has 0 aromatic rings. The van der Waals surface area contributed by atoms with E-state index >= 15 is 0 Å². The van der Waals surface area contributed by atoms with E-state index < -0.39 is 5.41 Å². The van der Waals surface area contributed by atoms with Crippen LogP contribution >= 0.6 is 12.2 Å². The predicted molar refractivity (Wildman–Crippen MR) is 81.9 cm³/mol. The molecule has 0 bridgehead atoms. The first-order valence-electron chi connectivity index (χ1n) is 7.67. The van der Waals surface area contributed by atoms with Gasteiger partial charge in [-0.3, -0.25) is 4.79 Å². The van der Waals surface area contributed by atoms with Gasteiger partial charge in [-0.15, -0.1) is 0 Å². The van der Waals surface area contributed by atoms with Crippen LogP contribution in [0.4, 0.5) is 0 Å². The van der Waals surface area contributed by atoms with E-state index in [1.807, 2.05) is 0 Å². The smallest absolute Gasteiger partial charge is 0.233 e. The van der Waals surface area contributed by atoms with Gasteiger partial charge in [0, 0.05) is 6.04 Å². The Hall–Kier alpha value is -0.640. The normalized spacial score (nSPS) is 30.6. The number of nitrogens with two attached hydrogens (primary N) is 1. The number of hydrogen-bond acceptors (Lipinski definition) is 2. The van der Waals surface area contributed by atoms with Crippen LogP contribution in [0.3, 0.4) is 0 Å². The van der Waals surface area contributed by atoms with E-state index in [0.29, 0.717) is 16.9 Å². The molecule has 2 aliphatic rings. The summed E-state index contributed by atoms with van der Waals surface area (Å²) in [7, 11) is 0. The lowest BCUT2D eigenvalue weighted by molar-refractivity contribution is -0.129. The van der Waals surface area contributed by atoms with Gasteiger partial charge in [0.25, 0.3) is 0 Å². The molecule has 4 heteroatoms. The Kier molecular flexibility index (Phi) is 4.82. The third-order valence-electron chi connectivity index (χ3n) is 5.04. The van der Waals surface area contributed by atoms with Crippen molar-refractivity contribution >= 4 is 23.1 Å². The van der Waals surface area contributed by atoms with E-state index in [-0.39, 0.29) is 5.91 Å². The number of amides is 1. The number of carbonyl (C=O) groups is 1. The molecule has 2 rings (SSSR count). The van der Waals surface area contributed by atoms with Gasteiger partial charge in [0.1, 0.15) is 0 Å². The Morgan fingerprint density at radius 3 is 2.26 bits per heavy atom. The summed E-state index contributed by atoms with van der Waals surface area (Å²) in [5.74, 6) is 0.679. The molecule has 0 radical (unpaired) electrons. The van der Waals surface area contributed by atoms with Gasteiger partial charge in [-0.05, 0) is 31.6 Å². The lowest BCUT2D eigenvalue weighted by Crippen LogP contribution is -2.52. The van der Waals surface area contributed by atoms with Gasteiger partial charge in [-0.2, -0.15) is 0 Å². The van der Waals surface area contributed by atoms with Crippen LogP contribution in [0.15, 0.2) is 0 Å². The Balaban J connectivity index is 2.09. The second-order valence-electron chi connectivity index (χ2n) is 6.35. The van der Waals surface area contributed by atoms with Gasteiger partial charge in [0.15, 0.2) is 0 Å². The van der Waals surface area contributed by atoms with Crippen molar-refractivity contribution in [3.63, 3.8) is 0 Å². The first-order valence-corrected chi connectivity index (χ1v) is 8.08. The van der Waals surface area contributed by atoms with Crippen molar-refractivity contribution in [2.45, 2.75) is 70.8 Å². The summed E-state index contributed by atoms with van der Waals surface area (Å²) >= 11 is 5.25. The highest BCUT2D eigenvalue weighted by molar-refractivity contribution is 7.80. The molecule has 108 valence electrons. The largest absolute Gasteiger partial charge is 0.392 e. The highest BCUT2D eigenvalue weighted by Crippen LogP contribution is 2.36. The first-order chi connectivity index (χ1) is 9.06. The molecule has 1 amide bonds. The van der Waals surface area contributed by atoms with Crippen molar-refractivity contribution in [2.75, 3.05) is 0 Å². The Morgan fingerprint density at radius 1 is 1.16 bits per heavy atom. The predicted octanol–water partition coefficient (Wildman–Crippen LogP) is 2.92. The summed E-state index contributed by atoms with van der Waals surface area (Å²) in [6.45, 7) is 2.22. The Morgan fingerprint density at radius 2 is 1.79 bits per heavy atom. The fourth-order valence-corrected chi connectivity index (χ4v) is 3.88. The third kappa shape index (κ3) is 3.10. The molecule has 0 aliphatic heterocycles. The average Bonchev–Trinajstić information content (AvgIpc) is 2.66. The van der Waals surface area contributed by atoms with Crippen molar-refractivity contribution in [3.8, 4) is 0 Å². The van der Waals surface area contributed by atoms with Gasteiger partial charge >= 0.3 is 0 Å². The van der Waals surface area contributed by atoms with Gasteiger partial charge in [-0.1, -0.05) is 51.2 Å². The summed E-state index contributed by atoms with van der Waals surface area (Å²) in [6, 6.07) is 0.321. The fraction of sp³-hybridized carbons (Fsp3) is 0.867. The maximum atomic E-state index is 12.7. The standard InChI is InChI=1S/C15H26N2OS/c1-11-7-6-8-12(11)17-14(18)15(13(16)19)9-4-2-3-5-10-15/h11-12H,2-10H2,1H3,(H2,16,19)(H,17,18). The fourth-order valence-electron chi connectivity index (χ4n) is 3.58. The molecule has 0 aromatic heterocycles. The monoisotopic (exact) mass is 282 g/mol. The molecule has 2 unspecified atom stereocenters. The highest BCUT2D eigenvalue weighted by Gasteiger charge is 2.42. The molecule has 2 atom stereocenters. The maximum Gasteiger partial charge on any atom is 0.233 e. The van der Waals surface area contributed by atoms with Crippen LogP contribution in [0.25, 0.3) is 0 Å². The molecular weight excluding hydrogens is 256 g/mol. The number of hydrogen-bond donors (Lipinski definition) is 2. The van der Waals surface area contributed by atoms with Crippen molar-refractivity contribution in [1.29, 1.82) is 0 Å². The third-order valence-corrected chi connectivity index (χ3v) is 5.43. The molecule has 2 fully saturated rings. The molecule has 3 nitrogen and oxygen atoms in total. The number of rotatable bonds is 3. The van der Waals surface area contributed by atoms with E-state index in [1.165, 1.54) is 25.7 Å². The summed E-state index contributed by atoms with van der Waals surface area (Å²) in [5, 5.41) is 3.24. The lowest BCUT2D eigenvalue weighted by Gasteiger charge is -2.32. The van der Waals surface area contributed by atoms with Crippen molar-refractivity contribution in [1.82, 2.24) is 5.32 Å². The molecular formula is C15H26N2OS. The lowest BCUT2D eigenvalue weighted by atomic mass is 9.79. The SMILES string of the molecule is CC1CCCC1NC(=O)C1(C(N)=S)CCCCCC1. The quantitative estimate of drug-likeness (QED) is 0.618. The zero-order valence-corrected chi connectivity index (χ0v) is 12.7. The van der Waals surface area contributed by atoms with E-state index in [9.17, 15) is 4.79 Å². The molecule has 0 aromatic carbocycles. The second-order valence-corrected chi connectivity index (χ2v) is 6.79. The minimum Gasteiger partial charge on any atom is -0.392 e. The van der Waals surface area contributed by atoms with Crippen LogP contribution in [0.5, 0.6) is 0 Å². The number of carbonyl (C=O) groups excluding carboxylic acids is 1. The minimum atomic E-state index is -0.575. The molecule has 3 N–H and O–H groups in total. The van der Waals surface area contributed by atoms with Crippen LogP contribution < -0.4 is 11.1 Å². The molecule has 19 heavy (non-hydrogen) atoms. The first kappa shape index (κ1) is 14.8. The molecule has 2 aliphatic carbocycles. The molecule has 0 saturated heterocycles. The minimum absolute atomic E-state index is 0.0978. The molecule has 0 heterocycles. The summed E-state index contributed by atoms with van der Waals surface area (Å²) < 4.78 is 0. The van der Waals surface area contributed by atoms with Gasteiger partial charge in [-0.25, -0.2) is 0 Å². The average molecular weight is 282 g/mol. The Labute approximate surface area is 121 Å². The topological polar surface area (TPSA) is 55.1 Å². The number of nitrogens with one attached hydrogen (secondary N) is 1. The molecule has 2 saturated carbocycles. The van der Waals surface area contributed by atoms with Gasteiger partial charge in [0.05, 0.1) is 10.4 Å². The van der Waals surface area contributed by atoms with E-state index in [2.05, 4.69) is 12.2 Å². The van der Waals surface area contributed by atoms with E-state index in [1.54, 1.807) is 0 Å². The maximum absolute atomic E-state index is 12.7. The van der Waals surface area contributed by atoms with Crippen LogP contribution in [-0.4, -0.2) is 16.9 Å². The summed E-state index contributed by atoms with van der Waals surface area (Å²) in [6.07, 6.45) is 9.69. The summed E-state index contributed by atoms with van der Waals surface area (Å²) in [4.78, 5) is 13.1. The van der Waals surface area contributed by atoms with E-state index in [4.69, 9.17) is 18.0 Å². The second kappa shape index (κ2) is 6.21. The highest BCUT2D eigenvalue weighted by atomic mass is 32.1. The zero-order valence-electron chi connectivity index (χ0n) is 11.9. The number of thiocarbonyl (C=S) groups is 1. The van der Waals surface area contributed by atoms with E-state index in [0.717, 1.165) is 32.1 Å². The van der Waals surface area contributed by atoms with Crippen LogP contribution in [0.2, 0.25) is 0 Å². The van der Waals surface area contributed by atoms with Gasteiger partial charge < -0.3 is 11.1 Å². The van der Waals surface area contributed by atoms with Crippen LogP contribution in [0.1, 0.15) is 64.7 Å². The van der Waals surface area contributed by atoms with Crippen LogP contribution in [-0.2, 0) is 4.79 Å². The Bertz CT molecular complexity index is 348. The van der Waals surface area contributed by atoms with Gasteiger partial charge in [0.2, 0.25) is 5.91 Å².